The second-order valence-corrected chi connectivity index (χ2v) is 2.56. The van der Waals surface area contributed by atoms with Crippen LogP contribution in [0.15, 0.2) is 30.6 Å². The average Bonchev–Trinajstić information content (AvgIpc) is 1.88. The van der Waals surface area contributed by atoms with Crippen LogP contribution >= 0.6 is 7.82 Å². The van der Waals surface area contributed by atoms with Gasteiger partial charge in [-0.1, -0.05) is 6.07 Å². The standard InChI is InChI=1S/C5H5N.Na.H3O4P.H/c1-2-4-6-5-3-1;;1-5(2,3)4;/h1-5H;;(H3,1,2,3,4);. The number of pyridine rings is 1. The summed E-state index contributed by atoms with van der Waals surface area (Å²) in [5.41, 5.74) is 0. The maximum Gasteiger partial charge on any atom is 0.0267 e. The summed E-state index contributed by atoms with van der Waals surface area (Å²) >= 11 is 0. The third kappa shape index (κ3) is 22.5. The molecule has 5 nitrogen and oxygen atoms in total. The quantitative estimate of drug-likeness (QED) is 0.389. The predicted molar refractivity (Wildman–Crippen MR) is 45.6 cm³/mol. The smallest absolute Gasteiger partial charge is 0.0267 e. The molecular formula is C5H9NNaO4P. The van der Waals surface area contributed by atoms with Crippen LogP contribution in [0.25, 0.3) is 0 Å². The number of hydrogen-bond acceptors (Lipinski definition) is 2. The van der Waals surface area contributed by atoms with Gasteiger partial charge in [0.1, 0.15) is 0 Å². The van der Waals surface area contributed by atoms with Crippen LogP contribution < -0.4 is 0 Å². The van der Waals surface area contributed by atoms with Crippen molar-refractivity contribution in [2.45, 2.75) is 0 Å². The third-order valence-electron chi connectivity index (χ3n) is 0.566. The fourth-order valence-corrected chi connectivity index (χ4v) is 0.313. The Hall–Kier alpha value is 0.260. The fraction of sp³-hybridized carbons (Fsp3) is 0. The molecule has 0 aliphatic heterocycles. The van der Waals surface area contributed by atoms with E-state index in [1.807, 2.05) is 18.2 Å². The molecule has 0 aromatic carbocycles. The Kier molecular flexibility index (Phi) is 9.70. The zero-order valence-electron chi connectivity index (χ0n) is 5.53. The van der Waals surface area contributed by atoms with Gasteiger partial charge in [0.05, 0.1) is 0 Å². The Morgan fingerprint density at radius 3 is 1.42 bits per heavy atom. The molecule has 12 heavy (non-hydrogen) atoms. The summed E-state index contributed by atoms with van der Waals surface area (Å²) in [4.78, 5) is 25.3. The molecular weight excluding hydrogens is 192 g/mol. The van der Waals surface area contributed by atoms with Crippen LogP contribution in [0.2, 0.25) is 0 Å². The van der Waals surface area contributed by atoms with E-state index in [4.69, 9.17) is 19.2 Å². The molecule has 0 aliphatic carbocycles. The monoisotopic (exact) mass is 201 g/mol. The van der Waals surface area contributed by atoms with Crippen molar-refractivity contribution >= 4 is 37.4 Å². The van der Waals surface area contributed by atoms with Crippen molar-refractivity contribution in [3.8, 4) is 0 Å². The Morgan fingerprint density at radius 1 is 1.00 bits per heavy atom. The topological polar surface area (TPSA) is 90.7 Å². The van der Waals surface area contributed by atoms with Crippen molar-refractivity contribution in [3.05, 3.63) is 30.6 Å². The molecule has 7 heteroatoms. The van der Waals surface area contributed by atoms with Gasteiger partial charge in [-0.15, -0.1) is 0 Å². The van der Waals surface area contributed by atoms with Crippen LogP contribution in [-0.4, -0.2) is 49.2 Å². The van der Waals surface area contributed by atoms with Crippen molar-refractivity contribution in [2.24, 2.45) is 0 Å². The van der Waals surface area contributed by atoms with Gasteiger partial charge in [-0.25, -0.2) is 4.57 Å². The van der Waals surface area contributed by atoms with Gasteiger partial charge in [0.2, 0.25) is 0 Å². The number of rotatable bonds is 0. The van der Waals surface area contributed by atoms with Crippen LogP contribution in [0, 0.1) is 0 Å². The van der Waals surface area contributed by atoms with E-state index in [1.165, 1.54) is 0 Å². The first-order chi connectivity index (χ1) is 5.00. The van der Waals surface area contributed by atoms with Crippen molar-refractivity contribution in [2.75, 3.05) is 0 Å². The first-order valence-electron chi connectivity index (χ1n) is 2.63. The molecule has 0 saturated heterocycles. The largest absolute Gasteiger partial charge is 0.265 e. The van der Waals surface area contributed by atoms with E-state index in [2.05, 4.69) is 4.98 Å². The van der Waals surface area contributed by atoms with E-state index in [-0.39, 0.29) is 29.6 Å². The van der Waals surface area contributed by atoms with Gasteiger partial charge in [-0.2, -0.15) is 0 Å². The first kappa shape index (κ1) is 14.8. The van der Waals surface area contributed by atoms with E-state index < -0.39 is 7.82 Å². The van der Waals surface area contributed by atoms with Crippen LogP contribution in [0.5, 0.6) is 0 Å². The zero-order chi connectivity index (χ0) is 8.74. The summed E-state index contributed by atoms with van der Waals surface area (Å²) < 4.78 is 8.88. The van der Waals surface area contributed by atoms with E-state index in [0.717, 1.165) is 0 Å². The number of aromatic nitrogens is 1. The minimum Gasteiger partial charge on any atom is -0.265 e. The van der Waals surface area contributed by atoms with Crippen LogP contribution in [0.3, 0.4) is 0 Å². The van der Waals surface area contributed by atoms with Crippen LogP contribution in [0.4, 0.5) is 0 Å². The fourth-order valence-electron chi connectivity index (χ4n) is 0.313. The predicted octanol–water partition coefficient (Wildman–Crippen LogP) is -0.496. The van der Waals surface area contributed by atoms with Crippen molar-refractivity contribution in [1.29, 1.82) is 0 Å². The van der Waals surface area contributed by atoms with Crippen molar-refractivity contribution in [3.63, 3.8) is 0 Å². The summed E-state index contributed by atoms with van der Waals surface area (Å²) in [7, 11) is -4.64. The Balaban J connectivity index is 0. The molecule has 1 aromatic heterocycles. The molecule has 0 aliphatic rings. The summed E-state index contributed by atoms with van der Waals surface area (Å²) in [5.74, 6) is 0. The maximum atomic E-state index is 8.88. The molecule has 0 bridgehead atoms. The second-order valence-electron chi connectivity index (χ2n) is 1.54. The first-order valence-corrected chi connectivity index (χ1v) is 4.20. The van der Waals surface area contributed by atoms with Gasteiger partial charge in [-0.3, -0.25) is 4.98 Å². The summed E-state index contributed by atoms with van der Waals surface area (Å²) in [6.45, 7) is 0. The van der Waals surface area contributed by atoms with E-state index in [0.29, 0.717) is 0 Å². The van der Waals surface area contributed by atoms with E-state index >= 15 is 0 Å². The van der Waals surface area contributed by atoms with Crippen molar-refractivity contribution in [1.82, 2.24) is 4.98 Å². The van der Waals surface area contributed by atoms with Gasteiger partial charge in [0.25, 0.3) is 0 Å². The maximum absolute atomic E-state index is 8.88. The summed E-state index contributed by atoms with van der Waals surface area (Å²) in [6, 6.07) is 5.72. The van der Waals surface area contributed by atoms with Gasteiger partial charge in [0.15, 0.2) is 0 Å². The molecule has 0 fully saturated rings. The minimum absolute atomic E-state index is 0. The Bertz CT molecular complexity index is 191. The average molecular weight is 201 g/mol. The molecule has 0 atom stereocenters. The molecule has 0 unspecified atom stereocenters. The van der Waals surface area contributed by atoms with Crippen molar-refractivity contribution < 1.29 is 19.2 Å². The van der Waals surface area contributed by atoms with Gasteiger partial charge < -0.3 is 14.7 Å². The molecule has 0 spiro atoms. The second kappa shape index (κ2) is 7.89. The van der Waals surface area contributed by atoms with E-state index in [9.17, 15) is 0 Å². The van der Waals surface area contributed by atoms with Crippen LogP contribution in [-0.2, 0) is 4.57 Å². The van der Waals surface area contributed by atoms with Gasteiger partial charge in [0, 0.05) is 12.4 Å². The van der Waals surface area contributed by atoms with Gasteiger partial charge in [-0.05, 0) is 12.1 Å². The number of nitrogens with zero attached hydrogens (tertiary/aromatic N) is 1. The Morgan fingerprint density at radius 2 is 1.33 bits per heavy atom. The number of hydrogen-bond donors (Lipinski definition) is 3. The SMILES string of the molecule is O=P(O)(O)O.[NaH].c1ccncc1. The third-order valence-corrected chi connectivity index (χ3v) is 0.566. The molecule has 1 heterocycles. The number of phosphoric acid groups is 1. The molecule has 0 radical (unpaired) electrons. The Labute approximate surface area is 92.0 Å². The zero-order valence-corrected chi connectivity index (χ0v) is 6.43. The molecule has 1 aromatic rings. The molecule has 0 saturated carbocycles. The minimum atomic E-state index is -4.64. The van der Waals surface area contributed by atoms with Crippen LogP contribution in [0.1, 0.15) is 0 Å². The summed E-state index contributed by atoms with van der Waals surface area (Å²) in [6.07, 6.45) is 3.50. The molecule has 1 rings (SSSR count). The molecule has 0 amide bonds. The molecule has 3 N–H and O–H groups in total. The summed E-state index contributed by atoms with van der Waals surface area (Å²) in [5, 5.41) is 0. The van der Waals surface area contributed by atoms with Gasteiger partial charge >= 0.3 is 37.4 Å². The van der Waals surface area contributed by atoms with E-state index in [1.54, 1.807) is 12.4 Å². The molecule has 64 valence electrons. The normalized spacial score (nSPS) is 8.92.